The van der Waals surface area contributed by atoms with Crippen LogP contribution in [0.25, 0.3) is 11.3 Å². The number of nitrogens with one attached hydrogen (secondary N) is 1. The second-order valence-corrected chi connectivity index (χ2v) is 7.42. The van der Waals surface area contributed by atoms with Gasteiger partial charge in [-0.3, -0.25) is 9.89 Å². The van der Waals surface area contributed by atoms with Gasteiger partial charge in [0.15, 0.2) is 0 Å². The average molecular weight is 397 g/mol. The maximum Gasteiger partial charge on any atom is 0.273 e. The van der Waals surface area contributed by atoms with Gasteiger partial charge in [-0.25, -0.2) is 4.39 Å². The van der Waals surface area contributed by atoms with Gasteiger partial charge in [0.25, 0.3) is 5.91 Å². The third kappa shape index (κ3) is 3.18. The van der Waals surface area contributed by atoms with Crippen LogP contribution in [0.15, 0.2) is 84.9 Å². The van der Waals surface area contributed by atoms with E-state index < -0.39 is 0 Å². The molecular weight excluding hydrogens is 377 g/mol. The first-order chi connectivity index (χ1) is 14.7. The van der Waals surface area contributed by atoms with Crippen molar-refractivity contribution < 1.29 is 9.18 Å². The molecule has 1 N–H and O–H groups in total. The van der Waals surface area contributed by atoms with E-state index in [0.717, 1.165) is 28.8 Å². The molecule has 0 fully saturated rings. The third-order valence-electron chi connectivity index (χ3n) is 5.58. The molecular formula is C25H20FN3O. The fourth-order valence-electron chi connectivity index (χ4n) is 4.13. The number of amides is 1. The van der Waals surface area contributed by atoms with Crippen molar-refractivity contribution in [2.24, 2.45) is 0 Å². The Hall–Kier alpha value is -3.73. The predicted octanol–water partition coefficient (Wildman–Crippen LogP) is 5.00. The quantitative estimate of drug-likeness (QED) is 0.515. The molecule has 0 bridgehead atoms. The topological polar surface area (TPSA) is 49.0 Å². The number of hydrogen-bond donors (Lipinski definition) is 1. The molecule has 30 heavy (non-hydrogen) atoms. The van der Waals surface area contributed by atoms with Gasteiger partial charge in [0.2, 0.25) is 0 Å². The monoisotopic (exact) mass is 397 g/mol. The Morgan fingerprint density at radius 2 is 1.57 bits per heavy atom. The lowest BCUT2D eigenvalue weighted by Gasteiger charge is -2.26. The fraction of sp³-hybridized carbons (Fsp3) is 0.120. The molecule has 1 atom stereocenters. The molecule has 1 aliphatic heterocycles. The molecule has 1 amide bonds. The summed E-state index contributed by atoms with van der Waals surface area (Å²) in [6, 6.07) is 26.0. The van der Waals surface area contributed by atoms with Gasteiger partial charge in [-0.1, -0.05) is 72.8 Å². The molecule has 4 nitrogen and oxygen atoms in total. The van der Waals surface area contributed by atoms with Crippen molar-refractivity contribution in [3.8, 4) is 11.3 Å². The van der Waals surface area contributed by atoms with Crippen LogP contribution in [-0.4, -0.2) is 27.5 Å². The van der Waals surface area contributed by atoms with Crippen molar-refractivity contribution in [3.05, 3.63) is 113 Å². The largest absolute Gasteiger partial charge is 0.326 e. The Balaban J connectivity index is 1.57. The minimum absolute atomic E-state index is 0.0788. The molecule has 5 rings (SSSR count). The van der Waals surface area contributed by atoms with E-state index in [9.17, 15) is 9.18 Å². The molecule has 1 aromatic heterocycles. The standard InChI is InChI=1S/C25H20FN3O/c26-20-13-11-19(12-14-20)24-21-22(18-9-5-2-6-10-18)27-28-23(21)25(30)29(24)16-15-17-7-3-1-4-8-17/h1-14,24H,15-16H2,(H,27,28). The first-order valence-electron chi connectivity index (χ1n) is 9.96. The van der Waals surface area contributed by atoms with E-state index in [2.05, 4.69) is 22.3 Å². The van der Waals surface area contributed by atoms with E-state index in [-0.39, 0.29) is 17.8 Å². The zero-order valence-corrected chi connectivity index (χ0v) is 16.3. The highest BCUT2D eigenvalue weighted by Gasteiger charge is 2.41. The molecule has 0 aliphatic carbocycles. The van der Waals surface area contributed by atoms with Crippen molar-refractivity contribution in [2.45, 2.75) is 12.5 Å². The summed E-state index contributed by atoms with van der Waals surface area (Å²) in [6.45, 7) is 0.557. The van der Waals surface area contributed by atoms with Gasteiger partial charge in [0.1, 0.15) is 11.5 Å². The van der Waals surface area contributed by atoms with Gasteiger partial charge in [-0.05, 0) is 29.7 Å². The molecule has 0 spiro atoms. The van der Waals surface area contributed by atoms with E-state index in [1.165, 1.54) is 17.7 Å². The molecule has 5 heteroatoms. The second-order valence-electron chi connectivity index (χ2n) is 7.42. The molecule has 0 saturated carbocycles. The van der Waals surface area contributed by atoms with Crippen molar-refractivity contribution in [2.75, 3.05) is 6.54 Å². The number of aromatic nitrogens is 2. The minimum Gasteiger partial charge on any atom is -0.326 e. The number of nitrogens with zero attached hydrogens (tertiary/aromatic N) is 2. The highest BCUT2D eigenvalue weighted by Crippen LogP contribution is 2.42. The average Bonchev–Trinajstić information content (AvgIpc) is 3.33. The van der Waals surface area contributed by atoms with Crippen LogP contribution in [0.5, 0.6) is 0 Å². The first kappa shape index (κ1) is 18.3. The van der Waals surface area contributed by atoms with Crippen molar-refractivity contribution in [3.63, 3.8) is 0 Å². The fourth-order valence-corrected chi connectivity index (χ4v) is 4.13. The maximum absolute atomic E-state index is 13.6. The summed E-state index contributed by atoms with van der Waals surface area (Å²) in [5.41, 5.74) is 5.10. The van der Waals surface area contributed by atoms with Gasteiger partial charge in [-0.2, -0.15) is 5.10 Å². The highest BCUT2D eigenvalue weighted by atomic mass is 19.1. The summed E-state index contributed by atoms with van der Waals surface area (Å²) in [4.78, 5) is 15.2. The Kier molecular flexibility index (Phi) is 4.64. The van der Waals surface area contributed by atoms with Crippen LogP contribution in [0.1, 0.15) is 33.2 Å². The maximum atomic E-state index is 13.6. The van der Waals surface area contributed by atoms with Gasteiger partial charge >= 0.3 is 0 Å². The molecule has 148 valence electrons. The Bertz CT molecular complexity index is 1170. The number of H-pyrrole nitrogens is 1. The predicted molar refractivity (Wildman–Crippen MR) is 113 cm³/mol. The number of hydrogen-bond acceptors (Lipinski definition) is 2. The van der Waals surface area contributed by atoms with E-state index >= 15 is 0 Å². The summed E-state index contributed by atoms with van der Waals surface area (Å²) in [7, 11) is 0. The van der Waals surface area contributed by atoms with Gasteiger partial charge in [-0.15, -0.1) is 0 Å². The number of aromatic amines is 1. The first-order valence-corrected chi connectivity index (χ1v) is 9.96. The smallest absolute Gasteiger partial charge is 0.273 e. The lowest BCUT2D eigenvalue weighted by Crippen LogP contribution is -2.31. The lowest BCUT2D eigenvalue weighted by molar-refractivity contribution is 0.0746. The van der Waals surface area contributed by atoms with Crippen LogP contribution in [0.2, 0.25) is 0 Å². The third-order valence-corrected chi connectivity index (χ3v) is 5.58. The zero-order chi connectivity index (χ0) is 20.5. The van der Waals surface area contributed by atoms with E-state index in [0.29, 0.717) is 12.2 Å². The van der Waals surface area contributed by atoms with Crippen LogP contribution >= 0.6 is 0 Å². The summed E-state index contributed by atoms with van der Waals surface area (Å²) < 4.78 is 13.6. The summed E-state index contributed by atoms with van der Waals surface area (Å²) >= 11 is 0. The zero-order valence-electron chi connectivity index (χ0n) is 16.3. The van der Waals surface area contributed by atoms with E-state index in [1.807, 2.05) is 53.4 Å². The Morgan fingerprint density at radius 1 is 0.900 bits per heavy atom. The second kappa shape index (κ2) is 7.59. The molecule has 0 radical (unpaired) electrons. The van der Waals surface area contributed by atoms with Crippen LogP contribution in [0.4, 0.5) is 4.39 Å². The number of benzene rings is 3. The van der Waals surface area contributed by atoms with Crippen LogP contribution in [-0.2, 0) is 6.42 Å². The summed E-state index contributed by atoms with van der Waals surface area (Å²) in [5.74, 6) is -0.375. The van der Waals surface area contributed by atoms with Crippen LogP contribution < -0.4 is 0 Å². The van der Waals surface area contributed by atoms with Gasteiger partial charge < -0.3 is 4.90 Å². The van der Waals surface area contributed by atoms with Crippen molar-refractivity contribution in [1.82, 2.24) is 15.1 Å². The summed E-state index contributed by atoms with van der Waals surface area (Å²) in [6.07, 6.45) is 0.739. The number of carbonyl (C=O) groups excluding carboxylic acids is 1. The number of fused-ring (bicyclic) bond motifs is 1. The van der Waals surface area contributed by atoms with Gasteiger partial charge in [0.05, 0.1) is 11.7 Å². The van der Waals surface area contributed by atoms with Crippen LogP contribution in [0, 0.1) is 5.82 Å². The molecule has 4 aromatic rings. The van der Waals surface area contributed by atoms with E-state index in [4.69, 9.17) is 0 Å². The Morgan fingerprint density at radius 3 is 2.27 bits per heavy atom. The SMILES string of the molecule is O=C1c2[nH]nc(-c3ccccc3)c2C(c2ccc(F)cc2)N1CCc1ccccc1. The van der Waals surface area contributed by atoms with Crippen molar-refractivity contribution >= 4 is 5.91 Å². The minimum atomic E-state index is -0.314. The summed E-state index contributed by atoms with van der Waals surface area (Å²) in [5, 5.41) is 7.42. The number of rotatable bonds is 5. The highest BCUT2D eigenvalue weighted by molar-refractivity contribution is 6.00. The molecule has 1 aliphatic rings. The van der Waals surface area contributed by atoms with Crippen molar-refractivity contribution in [1.29, 1.82) is 0 Å². The Labute approximate surface area is 174 Å². The number of halogens is 1. The van der Waals surface area contributed by atoms with Crippen LogP contribution in [0.3, 0.4) is 0 Å². The van der Waals surface area contributed by atoms with Gasteiger partial charge in [0, 0.05) is 17.7 Å². The molecule has 0 saturated heterocycles. The lowest BCUT2D eigenvalue weighted by atomic mass is 9.96. The molecule has 3 aromatic carbocycles. The molecule has 2 heterocycles. The normalized spacial score (nSPS) is 15.4. The molecule has 1 unspecified atom stereocenters. The van der Waals surface area contributed by atoms with E-state index in [1.54, 1.807) is 12.1 Å². The number of carbonyl (C=O) groups is 1.